The number of carbonyl (C=O) groups excluding carboxylic acids is 1. The molecule has 0 aliphatic heterocycles. The van der Waals surface area contributed by atoms with Gasteiger partial charge in [0.05, 0.1) is 21.3 Å². The molecule has 31 heavy (non-hydrogen) atoms. The number of anilines is 2. The molecule has 3 aromatic carbocycles. The molecule has 0 heterocycles. The standard InChI is InChI=1S/C22H20Cl2N2O4S/c1-15-3-10-19(11-4-15)31(28,29)26(2)17-6-8-18(9-7-17)30-14-22(27)25-21-13-16(23)5-12-20(21)24/h3-13H,14H2,1-2H3,(H,25,27). The molecule has 0 atom stereocenters. The van der Waals surface area contributed by atoms with Gasteiger partial charge in [-0.05, 0) is 61.5 Å². The van der Waals surface area contributed by atoms with Crippen LogP contribution >= 0.6 is 23.2 Å². The van der Waals surface area contributed by atoms with Gasteiger partial charge in [-0.1, -0.05) is 40.9 Å². The van der Waals surface area contributed by atoms with Crippen molar-refractivity contribution in [2.24, 2.45) is 0 Å². The molecule has 162 valence electrons. The molecule has 9 heteroatoms. The second kappa shape index (κ2) is 9.60. The predicted molar refractivity (Wildman–Crippen MR) is 124 cm³/mol. The number of hydrogen-bond donors (Lipinski definition) is 1. The average Bonchev–Trinajstić information content (AvgIpc) is 2.75. The lowest BCUT2D eigenvalue weighted by atomic mass is 10.2. The lowest BCUT2D eigenvalue weighted by Gasteiger charge is -2.20. The van der Waals surface area contributed by atoms with Gasteiger partial charge in [0.1, 0.15) is 5.75 Å². The van der Waals surface area contributed by atoms with Gasteiger partial charge in [-0.3, -0.25) is 9.10 Å². The van der Waals surface area contributed by atoms with Crippen LogP contribution in [0.4, 0.5) is 11.4 Å². The number of amides is 1. The fourth-order valence-electron chi connectivity index (χ4n) is 2.69. The van der Waals surface area contributed by atoms with Crippen LogP contribution in [-0.4, -0.2) is 28.0 Å². The number of sulfonamides is 1. The highest BCUT2D eigenvalue weighted by Gasteiger charge is 2.21. The van der Waals surface area contributed by atoms with Crippen LogP contribution in [0.25, 0.3) is 0 Å². The van der Waals surface area contributed by atoms with E-state index in [0.29, 0.717) is 27.2 Å². The molecule has 0 spiro atoms. The second-order valence-electron chi connectivity index (χ2n) is 6.74. The molecule has 0 radical (unpaired) electrons. The molecule has 0 aliphatic rings. The van der Waals surface area contributed by atoms with E-state index in [1.54, 1.807) is 66.7 Å². The monoisotopic (exact) mass is 478 g/mol. The predicted octanol–water partition coefficient (Wildman–Crippen LogP) is 5.14. The van der Waals surface area contributed by atoms with Crippen molar-refractivity contribution in [2.75, 3.05) is 23.3 Å². The number of benzene rings is 3. The first-order chi connectivity index (χ1) is 14.7. The van der Waals surface area contributed by atoms with E-state index in [0.717, 1.165) is 5.56 Å². The largest absolute Gasteiger partial charge is 0.484 e. The van der Waals surface area contributed by atoms with Crippen molar-refractivity contribution in [2.45, 2.75) is 11.8 Å². The first-order valence-electron chi connectivity index (χ1n) is 9.20. The Balaban J connectivity index is 1.62. The van der Waals surface area contributed by atoms with Gasteiger partial charge in [0, 0.05) is 12.1 Å². The molecular weight excluding hydrogens is 459 g/mol. The highest BCUT2D eigenvalue weighted by Crippen LogP contribution is 2.26. The second-order valence-corrected chi connectivity index (χ2v) is 9.55. The van der Waals surface area contributed by atoms with Crippen molar-refractivity contribution in [1.82, 2.24) is 0 Å². The first-order valence-corrected chi connectivity index (χ1v) is 11.4. The Hall–Kier alpha value is -2.74. The summed E-state index contributed by atoms with van der Waals surface area (Å²) in [6, 6.07) is 17.8. The van der Waals surface area contributed by atoms with E-state index in [4.69, 9.17) is 27.9 Å². The summed E-state index contributed by atoms with van der Waals surface area (Å²) in [5, 5.41) is 3.43. The zero-order valence-electron chi connectivity index (χ0n) is 16.8. The Morgan fingerprint density at radius 2 is 1.65 bits per heavy atom. The van der Waals surface area contributed by atoms with E-state index in [1.807, 2.05) is 6.92 Å². The molecule has 1 amide bonds. The van der Waals surface area contributed by atoms with Gasteiger partial charge >= 0.3 is 0 Å². The molecule has 0 fully saturated rings. The number of ether oxygens (including phenoxy) is 1. The Morgan fingerprint density at radius 1 is 1.00 bits per heavy atom. The van der Waals surface area contributed by atoms with Crippen molar-refractivity contribution in [3.05, 3.63) is 82.3 Å². The molecule has 0 bridgehead atoms. The van der Waals surface area contributed by atoms with Crippen LogP contribution < -0.4 is 14.4 Å². The topological polar surface area (TPSA) is 75.7 Å². The van der Waals surface area contributed by atoms with E-state index < -0.39 is 15.9 Å². The zero-order valence-corrected chi connectivity index (χ0v) is 19.1. The molecule has 3 aromatic rings. The Morgan fingerprint density at radius 3 is 2.29 bits per heavy atom. The number of halogens is 2. The van der Waals surface area contributed by atoms with E-state index in [-0.39, 0.29) is 11.5 Å². The van der Waals surface area contributed by atoms with Gasteiger partial charge in [-0.2, -0.15) is 0 Å². The molecule has 6 nitrogen and oxygen atoms in total. The van der Waals surface area contributed by atoms with Crippen LogP contribution in [0.1, 0.15) is 5.56 Å². The number of hydrogen-bond acceptors (Lipinski definition) is 4. The summed E-state index contributed by atoms with van der Waals surface area (Å²) in [6.45, 7) is 1.64. The van der Waals surface area contributed by atoms with Crippen LogP contribution in [0.2, 0.25) is 10.0 Å². The third-order valence-electron chi connectivity index (χ3n) is 4.45. The number of rotatable bonds is 7. The summed E-state index contributed by atoms with van der Waals surface area (Å²) in [4.78, 5) is 12.3. The maximum Gasteiger partial charge on any atom is 0.264 e. The molecule has 0 saturated carbocycles. The van der Waals surface area contributed by atoms with E-state index >= 15 is 0 Å². The SMILES string of the molecule is Cc1ccc(S(=O)(=O)N(C)c2ccc(OCC(=O)Nc3cc(Cl)ccc3Cl)cc2)cc1. The Kier molecular flexibility index (Phi) is 7.10. The Labute approximate surface area is 191 Å². The Bertz CT molecular complexity index is 1180. The number of carbonyl (C=O) groups is 1. The number of nitrogens with one attached hydrogen (secondary N) is 1. The van der Waals surface area contributed by atoms with Gasteiger partial charge in [0.2, 0.25) is 0 Å². The zero-order chi connectivity index (χ0) is 22.6. The fraction of sp³-hybridized carbons (Fsp3) is 0.136. The van der Waals surface area contributed by atoms with Crippen LogP contribution in [-0.2, 0) is 14.8 Å². The highest BCUT2D eigenvalue weighted by atomic mass is 35.5. The minimum atomic E-state index is -3.68. The quantitative estimate of drug-likeness (QED) is 0.509. The average molecular weight is 479 g/mol. The summed E-state index contributed by atoms with van der Waals surface area (Å²) in [7, 11) is -2.21. The molecule has 3 rings (SSSR count). The molecule has 0 aliphatic carbocycles. The van der Waals surface area contributed by atoms with E-state index in [2.05, 4.69) is 5.32 Å². The van der Waals surface area contributed by atoms with Gasteiger partial charge in [-0.15, -0.1) is 0 Å². The maximum absolute atomic E-state index is 12.8. The van der Waals surface area contributed by atoms with Crippen molar-refractivity contribution < 1.29 is 17.9 Å². The van der Waals surface area contributed by atoms with Gasteiger partial charge in [0.25, 0.3) is 15.9 Å². The third-order valence-corrected chi connectivity index (χ3v) is 6.82. The molecule has 0 unspecified atom stereocenters. The summed E-state index contributed by atoms with van der Waals surface area (Å²) in [5.74, 6) is 0.00420. The third kappa shape index (κ3) is 5.70. The van der Waals surface area contributed by atoms with Crippen LogP contribution in [0.15, 0.2) is 71.6 Å². The lowest BCUT2D eigenvalue weighted by molar-refractivity contribution is -0.118. The molecule has 0 saturated heterocycles. The molecule has 1 N–H and O–H groups in total. The van der Waals surface area contributed by atoms with Crippen molar-refractivity contribution in [1.29, 1.82) is 0 Å². The minimum Gasteiger partial charge on any atom is -0.484 e. The lowest BCUT2D eigenvalue weighted by Crippen LogP contribution is -2.26. The van der Waals surface area contributed by atoms with Gasteiger partial charge in [0.15, 0.2) is 6.61 Å². The highest BCUT2D eigenvalue weighted by molar-refractivity contribution is 7.92. The summed E-state index contributed by atoms with van der Waals surface area (Å²) < 4.78 is 32.2. The van der Waals surface area contributed by atoms with Crippen molar-refractivity contribution in [3.8, 4) is 5.75 Å². The molecular formula is C22H20Cl2N2O4S. The maximum atomic E-state index is 12.8. The van der Waals surface area contributed by atoms with Crippen LogP contribution in [0, 0.1) is 6.92 Å². The van der Waals surface area contributed by atoms with Gasteiger partial charge < -0.3 is 10.1 Å². The smallest absolute Gasteiger partial charge is 0.264 e. The summed E-state index contributed by atoms with van der Waals surface area (Å²) >= 11 is 11.9. The molecule has 0 aromatic heterocycles. The minimum absolute atomic E-state index is 0.206. The first kappa shape index (κ1) is 22.9. The normalized spacial score (nSPS) is 11.1. The van der Waals surface area contributed by atoms with E-state index in [1.165, 1.54) is 11.4 Å². The van der Waals surface area contributed by atoms with Gasteiger partial charge in [-0.25, -0.2) is 8.42 Å². The van der Waals surface area contributed by atoms with Crippen LogP contribution in [0.5, 0.6) is 5.75 Å². The fourth-order valence-corrected chi connectivity index (χ4v) is 4.22. The van der Waals surface area contributed by atoms with E-state index in [9.17, 15) is 13.2 Å². The number of aryl methyl sites for hydroxylation is 1. The summed E-state index contributed by atoms with van der Waals surface area (Å²) in [5.41, 5.74) is 1.83. The van der Waals surface area contributed by atoms with Crippen molar-refractivity contribution in [3.63, 3.8) is 0 Å². The van der Waals surface area contributed by atoms with Crippen molar-refractivity contribution >= 4 is 50.5 Å². The number of nitrogens with zero attached hydrogens (tertiary/aromatic N) is 1. The summed E-state index contributed by atoms with van der Waals surface area (Å²) in [6.07, 6.45) is 0. The van der Waals surface area contributed by atoms with Crippen LogP contribution in [0.3, 0.4) is 0 Å².